The van der Waals surface area contributed by atoms with Crippen molar-refractivity contribution in [2.24, 2.45) is 0 Å². The van der Waals surface area contributed by atoms with E-state index in [4.69, 9.17) is 21.8 Å². The number of hydrogen-bond donors (Lipinski definition) is 3. The first kappa shape index (κ1) is 21.4. The summed E-state index contributed by atoms with van der Waals surface area (Å²) >= 11 is 5.91. The van der Waals surface area contributed by atoms with Gasteiger partial charge in [0.25, 0.3) is 0 Å². The van der Waals surface area contributed by atoms with Crippen molar-refractivity contribution in [1.29, 1.82) is 0 Å². The first-order valence-corrected chi connectivity index (χ1v) is 8.89. The number of carboxylic acids is 2. The molecule has 0 spiro atoms. The van der Waals surface area contributed by atoms with Crippen molar-refractivity contribution in [3.63, 3.8) is 0 Å². The van der Waals surface area contributed by atoms with Gasteiger partial charge in [-0.25, -0.2) is 4.39 Å². The number of carbonyl (C=O) groups excluding carboxylic acids is 1. The van der Waals surface area contributed by atoms with Crippen LogP contribution in [0.1, 0.15) is 24.8 Å². The molecule has 0 heterocycles. The van der Waals surface area contributed by atoms with Crippen LogP contribution in [0.2, 0.25) is 5.02 Å². The largest absolute Gasteiger partial charge is 0.481 e. The molecule has 3 N–H and O–H groups in total. The molecule has 1 amide bonds. The van der Waals surface area contributed by atoms with Gasteiger partial charge < -0.3 is 15.5 Å². The number of hydrogen-bond acceptors (Lipinski definition) is 3. The number of rotatable bonds is 9. The van der Waals surface area contributed by atoms with E-state index >= 15 is 0 Å². The smallest absolute Gasteiger partial charge is 0.305 e. The molecule has 28 heavy (non-hydrogen) atoms. The first-order valence-electron chi connectivity index (χ1n) is 8.52. The molecule has 0 aliphatic rings. The van der Waals surface area contributed by atoms with Crippen LogP contribution in [0.3, 0.4) is 0 Å². The summed E-state index contributed by atoms with van der Waals surface area (Å²) in [6.07, 6.45) is -0.614. The van der Waals surface area contributed by atoms with Gasteiger partial charge in [0, 0.05) is 23.0 Å². The van der Waals surface area contributed by atoms with E-state index in [1.54, 1.807) is 24.3 Å². The van der Waals surface area contributed by atoms with E-state index in [0.717, 1.165) is 5.56 Å². The molecule has 148 valence electrons. The Morgan fingerprint density at radius 1 is 1.00 bits per heavy atom. The Morgan fingerprint density at radius 2 is 1.68 bits per heavy atom. The second kappa shape index (κ2) is 9.85. The lowest BCUT2D eigenvalue weighted by Gasteiger charge is -2.17. The van der Waals surface area contributed by atoms with Gasteiger partial charge in [0.2, 0.25) is 5.91 Å². The number of carbonyl (C=O) groups is 3. The summed E-state index contributed by atoms with van der Waals surface area (Å²) in [7, 11) is 0. The standard InChI is InChI=1S/C20H19ClFNO5/c21-14-5-6-17(22)16(10-14)13-3-1-12(2-4-13)9-15(11-20(27)28)23-18(24)7-8-19(25)26/h1-6,10,15H,7-9,11H2,(H,23,24)(H,25,26)(H,27,28). The Kier molecular flexibility index (Phi) is 7.52. The van der Waals surface area contributed by atoms with Crippen molar-refractivity contribution in [1.82, 2.24) is 5.32 Å². The highest BCUT2D eigenvalue weighted by molar-refractivity contribution is 6.30. The van der Waals surface area contributed by atoms with Gasteiger partial charge in [0.05, 0.1) is 12.8 Å². The molecular weight excluding hydrogens is 389 g/mol. The summed E-state index contributed by atoms with van der Waals surface area (Å²) in [5.74, 6) is -3.12. The molecule has 0 radical (unpaired) electrons. The van der Waals surface area contributed by atoms with Gasteiger partial charge >= 0.3 is 11.9 Å². The van der Waals surface area contributed by atoms with Crippen LogP contribution in [0.25, 0.3) is 11.1 Å². The predicted octanol–water partition coefficient (Wildman–Crippen LogP) is 3.51. The van der Waals surface area contributed by atoms with Gasteiger partial charge in [0.15, 0.2) is 0 Å². The van der Waals surface area contributed by atoms with Crippen molar-refractivity contribution < 1.29 is 29.0 Å². The minimum Gasteiger partial charge on any atom is -0.481 e. The predicted molar refractivity (Wildman–Crippen MR) is 102 cm³/mol. The fourth-order valence-corrected chi connectivity index (χ4v) is 2.90. The fourth-order valence-electron chi connectivity index (χ4n) is 2.73. The topological polar surface area (TPSA) is 104 Å². The number of halogens is 2. The van der Waals surface area contributed by atoms with Crippen LogP contribution in [0, 0.1) is 5.82 Å². The molecule has 0 aliphatic carbocycles. The van der Waals surface area contributed by atoms with E-state index in [1.165, 1.54) is 18.2 Å². The summed E-state index contributed by atoms with van der Waals surface area (Å²) in [5, 5.41) is 20.6. The van der Waals surface area contributed by atoms with Gasteiger partial charge in [-0.15, -0.1) is 0 Å². The second-order valence-electron chi connectivity index (χ2n) is 6.28. The second-order valence-corrected chi connectivity index (χ2v) is 6.72. The van der Waals surface area contributed by atoms with Crippen LogP contribution >= 0.6 is 11.6 Å². The van der Waals surface area contributed by atoms with Crippen molar-refractivity contribution in [2.75, 3.05) is 0 Å². The molecule has 2 rings (SSSR count). The Hall–Kier alpha value is -2.93. The third-order valence-electron chi connectivity index (χ3n) is 4.03. The molecule has 0 aliphatic heterocycles. The average molecular weight is 408 g/mol. The zero-order chi connectivity index (χ0) is 20.7. The minimum absolute atomic E-state index is 0.224. The maximum absolute atomic E-state index is 14.0. The SMILES string of the molecule is O=C(O)CCC(=O)NC(CC(=O)O)Cc1ccc(-c2cc(Cl)ccc2F)cc1. The van der Waals surface area contributed by atoms with Gasteiger partial charge in [0.1, 0.15) is 5.82 Å². The molecule has 0 saturated heterocycles. The van der Waals surface area contributed by atoms with Crippen molar-refractivity contribution >= 4 is 29.4 Å². The maximum atomic E-state index is 14.0. The Labute approximate surface area is 165 Å². The lowest BCUT2D eigenvalue weighted by Crippen LogP contribution is -2.38. The van der Waals surface area contributed by atoms with Crippen molar-refractivity contribution in [3.8, 4) is 11.1 Å². The van der Waals surface area contributed by atoms with E-state index < -0.39 is 29.7 Å². The average Bonchev–Trinajstić information content (AvgIpc) is 2.62. The third-order valence-corrected chi connectivity index (χ3v) is 4.26. The molecule has 1 atom stereocenters. The fraction of sp³-hybridized carbons (Fsp3) is 0.250. The third kappa shape index (κ3) is 6.66. The molecule has 2 aromatic rings. The van der Waals surface area contributed by atoms with Crippen molar-refractivity contribution in [3.05, 3.63) is 58.9 Å². The maximum Gasteiger partial charge on any atom is 0.305 e. The lowest BCUT2D eigenvalue weighted by atomic mass is 9.99. The van der Waals surface area contributed by atoms with Crippen molar-refractivity contribution in [2.45, 2.75) is 31.7 Å². The minimum atomic E-state index is -1.10. The van der Waals surface area contributed by atoms with Crippen LogP contribution < -0.4 is 5.32 Å². The van der Waals surface area contributed by atoms with E-state index in [9.17, 15) is 18.8 Å². The Balaban J connectivity index is 2.09. The first-order chi connectivity index (χ1) is 13.2. The normalized spacial score (nSPS) is 11.6. The summed E-state index contributed by atoms with van der Waals surface area (Å²) in [4.78, 5) is 33.4. The molecule has 6 nitrogen and oxygen atoms in total. The number of aliphatic carboxylic acids is 2. The molecule has 1 unspecified atom stereocenters. The van der Waals surface area contributed by atoms with Gasteiger partial charge in [-0.1, -0.05) is 35.9 Å². The van der Waals surface area contributed by atoms with Crippen LogP contribution in [-0.2, 0) is 20.8 Å². The molecule has 0 saturated carbocycles. The van der Waals surface area contributed by atoms with E-state index in [2.05, 4.69) is 5.32 Å². The monoisotopic (exact) mass is 407 g/mol. The lowest BCUT2D eigenvalue weighted by molar-refractivity contribution is -0.140. The molecule has 0 aromatic heterocycles. The highest BCUT2D eigenvalue weighted by atomic mass is 35.5. The van der Waals surface area contributed by atoms with Gasteiger partial charge in [-0.3, -0.25) is 14.4 Å². The summed E-state index contributed by atoms with van der Waals surface area (Å²) in [6.45, 7) is 0. The van der Waals surface area contributed by atoms with Gasteiger partial charge in [-0.2, -0.15) is 0 Å². The summed E-state index contributed by atoms with van der Waals surface area (Å²) < 4.78 is 14.0. The molecule has 0 bridgehead atoms. The summed E-state index contributed by atoms with van der Waals surface area (Å²) in [5.41, 5.74) is 1.71. The van der Waals surface area contributed by atoms with Crippen LogP contribution in [0.5, 0.6) is 0 Å². The zero-order valence-corrected chi connectivity index (χ0v) is 15.6. The number of carboxylic acid groups (broad SMARTS) is 2. The highest BCUT2D eigenvalue weighted by Gasteiger charge is 2.17. The molecular formula is C20H19ClFNO5. The Morgan fingerprint density at radius 3 is 2.29 bits per heavy atom. The molecule has 8 heteroatoms. The molecule has 0 fully saturated rings. The van der Waals surface area contributed by atoms with Crippen LogP contribution in [0.15, 0.2) is 42.5 Å². The summed E-state index contributed by atoms with van der Waals surface area (Å²) in [6, 6.07) is 10.4. The number of benzene rings is 2. The van der Waals surface area contributed by atoms with Crippen LogP contribution in [-0.4, -0.2) is 34.1 Å². The van der Waals surface area contributed by atoms with E-state index in [-0.39, 0.29) is 25.7 Å². The van der Waals surface area contributed by atoms with E-state index in [1.807, 2.05) is 0 Å². The number of amides is 1. The van der Waals surface area contributed by atoms with E-state index in [0.29, 0.717) is 16.1 Å². The highest BCUT2D eigenvalue weighted by Crippen LogP contribution is 2.26. The zero-order valence-electron chi connectivity index (χ0n) is 14.8. The quantitative estimate of drug-likeness (QED) is 0.590. The van der Waals surface area contributed by atoms with Crippen LogP contribution in [0.4, 0.5) is 4.39 Å². The Bertz CT molecular complexity index is 869. The van der Waals surface area contributed by atoms with Gasteiger partial charge in [-0.05, 0) is 35.7 Å². The molecule has 2 aromatic carbocycles. The number of nitrogens with one attached hydrogen (secondary N) is 1.